The average molecular weight is 322 g/mol. The van der Waals surface area contributed by atoms with Crippen molar-refractivity contribution < 1.29 is 18.3 Å². The van der Waals surface area contributed by atoms with Crippen LogP contribution < -0.4 is 0 Å². The van der Waals surface area contributed by atoms with Crippen LogP contribution in [0, 0.1) is 0 Å². The molecule has 0 amide bonds. The summed E-state index contributed by atoms with van der Waals surface area (Å²) in [6, 6.07) is 5.91. The minimum Gasteiger partial charge on any atom is -0.392 e. The number of aromatic nitrogens is 1. The minimum absolute atomic E-state index is 0.199. The van der Waals surface area contributed by atoms with Crippen LogP contribution in [-0.4, -0.2) is 10.1 Å². The maximum Gasteiger partial charge on any atom is 0.418 e. The van der Waals surface area contributed by atoms with Gasteiger partial charge in [-0.3, -0.25) is 4.98 Å². The number of halogens is 5. The Morgan fingerprint density at radius 2 is 1.90 bits per heavy atom. The van der Waals surface area contributed by atoms with E-state index >= 15 is 0 Å². The number of rotatable bonds is 2. The molecule has 0 saturated heterocycles. The normalized spacial score (nSPS) is 11.7. The first-order chi connectivity index (χ1) is 9.34. The quantitative estimate of drug-likeness (QED) is 0.879. The van der Waals surface area contributed by atoms with Crippen LogP contribution in [-0.2, 0) is 12.8 Å². The molecule has 0 bridgehead atoms. The highest BCUT2D eigenvalue weighted by atomic mass is 35.5. The van der Waals surface area contributed by atoms with Crippen molar-refractivity contribution in [2.24, 2.45) is 0 Å². The van der Waals surface area contributed by atoms with Crippen LogP contribution in [0.25, 0.3) is 11.3 Å². The molecule has 0 aliphatic heterocycles. The van der Waals surface area contributed by atoms with E-state index in [4.69, 9.17) is 28.3 Å². The van der Waals surface area contributed by atoms with Crippen LogP contribution >= 0.6 is 23.2 Å². The molecule has 7 heteroatoms. The molecule has 2 rings (SSSR count). The van der Waals surface area contributed by atoms with Gasteiger partial charge >= 0.3 is 6.18 Å². The summed E-state index contributed by atoms with van der Waals surface area (Å²) in [5, 5.41) is 9.56. The minimum atomic E-state index is -4.57. The van der Waals surface area contributed by atoms with E-state index in [2.05, 4.69) is 4.98 Å². The fourth-order valence-electron chi connectivity index (χ4n) is 1.73. The van der Waals surface area contributed by atoms with Crippen LogP contribution in [0.1, 0.15) is 11.1 Å². The third kappa shape index (κ3) is 2.90. The van der Waals surface area contributed by atoms with Gasteiger partial charge in [0.25, 0.3) is 0 Å². The van der Waals surface area contributed by atoms with Crippen LogP contribution in [0.15, 0.2) is 30.5 Å². The van der Waals surface area contributed by atoms with Crippen LogP contribution in [0.4, 0.5) is 13.2 Å². The Morgan fingerprint density at radius 1 is 1.20 bits per heavy atom. The molecular formula is C13H8Cl2F3NO. The van der Waals surface area contributed by atoms with Gasteiger partial charge in [0.05, 0.1) is 27.9 Å². The van der Waals surface area contributed by atoms with E-state index in [0.29, 0.717) is 11.8 Å². The van der Waals surface area contributed by atoms with Crippen molar-refractivity contribution >= 4 is 23.2 Å². The predicted octanol–water partition coefficient (Wildman–Crippen LogP) is 4.57. The Labute approximate surface area is 122 Å². The fraction of sp³-hybridized carbons (Fsp3) is 0.154. The summed E-state index contributed by atoms with van der Waals surface area (Å²) in [5.41, 5.74) is -0.613. The number of hydrogen-bond donors (Lipinski definition) is 1. The summed E-state index contributed by atoms with van der Waals surface area (Å²) in [7, 11) is 0. The van der Waals surface area contributed by atoms with Crippen molar-refractivity contribution in [3.8, 4) is 11.3 Å². The van der Waals surface area contributed by atoms with Gasteiger partial charge in [0.15, 0.2) is 0 Å². The predicted molar refractivity (Wildman–Crippen MR) is 70.6 cm³/mol. The number of nitrogens with zero attached hydrogens (tertiary/aromatic N) is 1. The summed E-state index contributed by atoms with van der Waals surface area (Å²) in [5.74, 6) is 0. The molecule has 0 aliphatic carbocycles. The lowest BCUT2D eigenvalue weighted by molar-refractivity contribution is -0.138. The lowest BCUT2D eigenvalue weighted by Gasteiger charge is -2.13. The third-order valence-electron chi connectivity index (χ3n) is 2.69. The van der Waals surface area contributed by atoms with E-state index in [0.717, 1.165) is 6.07 Å². The van der Waals surface area contributed by atoms with Crippen molar-refractivity contribution in [2.75, 3.05) is 0 Å². The Balaban J connectivity index is 2.58. The topological polar surface area (TPSA) is 33.1 Å². The van der Waals surface area contributed by atoms with Crippen LogP contribution in [0.2, 0.25) is 10.0 Å². The van der Waals surface area contributed by atoms with Crippen LogP contribution in [0.5, 0.6) is 0 Å². The van der Waals surface area contributed by atoms with Crippen molar-refractivity contribution in [2.45, 2.75) is 12.8 Å². The Morgan fingerprint density at radius 3 is 2.50 bits per heavy atom. The van der Waals surface area contributed by atoms with Gasteiger partial charge in [0, 0.05) is 11.8 Å². The highest BCUT2D eigenvalue weighted by molar-refractivity contribution is 6.43. The standard InChI is InChI=1S/C13H8Cl2F3NO/c14-10-3-1-2-8(12(10)15)11-4-7(6-20)9(5-19-11)13(16,17)18/h1-5,20H,6H2. The van der Waals surface area contributed by atoms with E-state index in [9.17, 15) is 13.2 Å². The van der Waals surface area contributed by atoms with Gasteiger partial charge in [-0.05, 0) is 17.7 Å². The van der Waals surface area contributed by atoms with Crippen molar-refractivity contribution in [1.82, 2.24) is 4.98 Å². The maximum absolute atomic E-state index is 12.7. The van der Waals surface area contributed by atoms with Gasteiger partial charge in [0.1, 0.15) is 0 Å². The molecule has 2 aromatic rings. The summed E-state index contributed by atoms with van der Waals surface area (Å²) in [4.78, 5) is 3.75. The van der Waals surface area contributed by atoms with Gasteiger partial charge in [-0.2, -0.15) is 13.2 Å². The zero-order valence-corrected chi connectivity index (χ0v) is 11.4. The SMILES string of the molecule is OCc1cc(-c2cccc(Cl)c2Cl)ncc1C(F)(F)F. The summed E-state index contributed by atoms with van der Waals surface area (Å²) >= 11 is 11.8. The lowest BCUT2D eigenvalue weighted by Crippen LogP contribution is -2.10. The van der Waals surface area contributed by atoms with Crippen molar-refractivity contribution in [3.63, 3.8) is 0 Å². The third-order valence-corrected chi connectivity index (χ3v) is 3.51. The summed E-state index contributed by atoms with van der Waals surface area (Å²) in [6.45, 7) is -0.747. The second-order valence-corrected chi connectivity index (χ2v) is 4.77. The Bertz CT molecular complexity index is 644. The number of pyridine rings is 1. The number of alkyl halides is 3. The number of aliphatic hydroxyl groups excluding tert-OH is 1. The fourth-order valence-corrected chi connectivity index (χ4v) is 2.13. The molecule has 0 spiro atoms. The Hall–Kier alpha value is -1.30. The van der Waals surface area contributed by atoms with Crippen molar-refractivity contribution in [3.05, 3.63) is 51.6 Å². The molecule has 106 valence electrons. The molecular weight excluding hydrogens is 314 g/mol. The molecule has 20 heavy (non-hydrogen) atoms. The number of benzene rings is 1. The molecule has 1 N–H and O–H groups in total. The zero-order chi connectivity index (χ0) is 14.9. The molecule has 0 fully saturated rings. The molecule has 0 unspecified atom stereocenters. The molecule has 0 aliphatic rings. The number of aliphatic hydroxyl groups is 1. The molecule has 0 radical (unpaired) electrons. The van der Waals surface area contributed by atoms with Gasteiger partial charge in [-0.1, -0.05) is 35.3 Å². The maximum atomic E-state index is 12.7. The summed E-state index contributed by atoms with van der Waals surface area (Å²) < 4.78 is 38.1. The molecule has 1 aromatic heterocycles. The van der Waals surface area contributed by atoms with Gasteiger partial charge in [-0.25, -0.2) is 0 Å². The van der Waals surface area contributed by atoms with Gasteiger partial charge in [0.2, 0.25) is 0 Å². The van der Waals surface area contributed by atoms with E-state index in [1.165, 1.54) is 0 Å². The van der Waals surface area contributed by atoms with E-state index in [1.807, 2.05) is 0 Å². The van der Waals surface area contributed by atoms with Gasteiger partial charge < -0.3 is 5.11 Å². The smallest absolute Gasteiger partial charge is 0.392 e. The zero-order valence-electron chi connectivity index (χ0n) is 9.88. The summed E-state index contributed by atoms with van der Waals surface area (Å²) in [6.07, 6.45) is -3.89. The molecule has 1 aromatic carbocycles. The second-order valence-electron chi connectivity index (χ2n) is 3.98. The Kier molecular flexibility index (Phi) is 4.22. The van der Waals surface area contributed by atoms with Crippen molar-refractivity contribution in [1.29, 1.82) is 0 Å². The van der Waals surface area contributed by atoms with E-state index in [1.54, 1.807) is 18.2 Å². The van der Waals surface area contributed by atoms with Crippen LogP contribution in [0.3, 0.4) is 0 Å². The average Bonchev–Trinajstić information content (AvgIpc) is 2.40. The number of hydrogen-bond acceptors (Lipinski definition) is 2. The highest BCUT2D eigenvalue weighted by Gasteiger charge is 2.33. The highest BCUT2D eigenvalue weighted by Crippen LogP contribution is 2.36. The molecule has 0 saturated carbocycles. The molecule has 2 nitrogen and oxygen atoms in total. The monoisotopic (exact) mass is 321 g/mol. The van der Waals surface area contributed by atoms with Gasteiger partial charge in [-0.15, -0.1) is 0 Å². The second kappa shape index (κ2) is 5.60. The first kappa shape index (κ1) is 15.1. The molecule has 1 heterocycles. The lowest BCUT2D eigenvalue weighted by atomic mass is 10.1. The first-order valence-electron chi connectivity index (χ1n) is 5.46. The van der Waals surface area contributed by atoms with E-state index < -0.39 is 18.3 Å². The molecule has 0 atom stereocenters. The largest absolute Gasteiger partial charge is 0.418 e. The first-order valence-corrected chi connectivity index (χ1v) is 6.21. The van der Waals surface area contributed by atoms with E-state index in [-0.39, 0.29) is 21.3 Å².